The fraction of sp³-hybridized carbons (Fsp3) is 0.800. The first kappa shape index (κ1) is 9.57. The molecule has 2 N–H and O–H groups in total. The highest BCUT2D eigenvalue weighted by molar-refractivity contribution is 5.04. The molecule has 12 heavy (non-hydrogen) atoms. The Labute approximate surface area is 75.1 Å². The van der Waals surface area contributed by atoms with E-state index in [2.05, 4.69) is 30.6 Å². The van der Waals surface area contributed by atoms with Crippen molar-refractivity contribution in [1.29, 1.82) is 0 Å². The third kappa shape index (κ3) is 3.25. The minimum absolute atomic E-state index is 0.380. The molecule has 1 heterocycles. The molecule has 0 aromatic rings. The van der Waals surface area contributed by atoms with E-state index in [1.807, 2.05) is 0 Å². The van der Waals surface area contributed by atoms with Gasteiger partial charge in [-0.15, -0.1) is 0 Å². The van der Waals surface area contributed by atoms with Gasteiger partial charge in [-0.25, -0.2) is 0 Å². The lowest BCUT2D eigenvalue weighted by atomic mass is 10.2. The molecule has 0 bridgehead atoms. The molecular formula is C10H18N2. The van der Waals surface area contributed by atoms with Crippen molar-refractivity contribution in [3.05, 3.63) is 0 Å². The third-order valence-electron chi connectivity index (χ3n) is 2.00. The van der Waals surface area contributed by atoms with Crippen molar-refractivity contribution >= 4 is 0 Å². The van der Waals surface area contributed by atoms with E-state index in [-0.39, 0.29) is 0 Å². The van der Waals surface area contributed by atoms with Gasteiger partial charge < -0.3 is 5.73 Å². The maximum Gasteiger partial charge on any atom is 0.0602 e. The number of likely N-dealkylation sites (tertiary alicyclic amines) is 1. The van der Waals surface area contributed by atoms with Gasteiger partial charge in [-0.3, -0.25) is 4.90 Å². The average molecular weight is 166 g/mol. The molecule has 1 rings (SSSR count). The number of nitrogens with zero attached hydrogens (tertiary/aromatic N) is 1. The highest BCUT2D eigenvalue weighted by atomic mass is 15.2. The van der Waals surface area contributed by atoms with Crippen molar-refractivity contribution in [2.45, 2.75) is 26.3 Å². The van der Waals surface area contributed by atoms with Crippen LogP contribution in [0.1, 0.15) is 20.3 Å². The second kappa shape index (κ2) is 4.49. The van der Waals surface area contributed by atoms with Gasteiger partial charge in [0.15, 0.2) is 0 Å². The first-order valence-electron chi connectivity index (χ1n) is 4.65. The quantitative estimate of drug-likeness (QED) is 0.580. The fourth-order valence-corrected chi connectivity index (χ4v) is 1.37. The van der Waals surface area contributed by atoms with Crippen molar-refractivity contribution in [3.63, 3.8) is 0 Å². The molecule has 0 radical (unpaired) electrons. The molecule has 0 saturated carbocycles. The van der Waals surface area contributed by atoms with E-state index >= 15 is 0 Å². The Kier molecular flexibility index (Phi) is 3.58. The van der Waals surface area contributed by atoms with E-state index in [1.165, 1.54) is 0 Å². The van der Waals surface area contributed by atoms with Crippen LogP contribution < -0.4 is 5.73 Å². The summed E-state index contributed by atoms with van der Waals surface area (Å²) in [5, 5.41) is 0. The predicted octanol–water partition coefficient (Wildman–Crippen LogP) is 0.679. The first-order chi connectivity index (χ1) is 5.68. The molecule has 1 aliphatic rings. The molecular weight excluding hydrogens is 148 g/mol. The Morgan fingerprint density at radius 1 is 1.58 bits per heavy atom. The van der Waals surface area contributed by atoms with Crippen LogP contribution in [0.4, 0.5) is 0 Å². The second-order valence-electron chi connectivity index (χ2n) is 3.76. The normalized spacial score (nSPS) is 24.2. The molecule has 1 aliphatic heterocycles. The van der Waals surface area contributed by atoms with Crippen LogP contribution in [0.2, 0.25) is 0 Å². The average Bonchev–Trinajstić information content (AvgIpc) is 2.35. The first-order valence-corrected chi connectivity index (χ1v) is 4.65. The summed E-state index contributed by atoms with van der Waals surface area (Å²) >= 11 is 0. The van der Waals surface area contributed by atoms with Crippen LogP contribution in [-0.2, 0) is 0 Å². The van der Waals surface area contributed by atoms with Gasteiger partial charge >= 0.3 is 0 Å². The summed E-state index contributed by atoms with van der Waals surface area (Å²) in [4.78, 5) is 2.32. The lowest BCUT2D eigenvalue weighted by molar-refractivity contribution is 0.377. The van der Waals surface area contributed by atoms with Gasteiger partial charge in [0.05, 0.1) is 6.54 Å². The SMILES string of the molecule is CC(C)C#CCN1CCC(N)C1. The molecule has 68 valence electrons. The topological polar surface area (TPSA) is 29.3 Å². The third-order valence-corrected chi connectivity index (χ3v) is 2.00. The molecule has 0 amide bonds. The zero-order chi connectivity index (χ0) is 8.97. The summed E-state index contributed by atoms with van der Waals surface area (Å²) in [6.45, 7) is 7.26. The lowest BCUT2D eigenvalue weighted by Gasteiger charge is -2.09. The van der Waals surface area contributed by atoms with Crippen LogP contribution in [0.5, 0.6) is 0 Å². The monoisotopic (exact) mass is 166 g/mol. The second-order valence-corrected chi connectivity index (χ2v) is 3.76. The zero-order valence-electron chi connectivity index (χ0n) is 8.01. The molecule has 1 saturated heterocycles. The van der Waals surface area contributed by atoms with Crippen LogP contribution in [0, 0.1) is 17.8 Å². The van der Waals surface area contributed by atoms with Gasteiger partial charge in [0.25, 0.3) is 0 Å². The molecule has 2 nitrogen and oxygen atoms in total. The van der Waals surface area contributed by atoms with Crippen molar-refractivity contribution in [3.8, 4) is 11.8 Å². The maximum absolute atomic E-state index is 5.77. The molecule has 1 atom stereocenters. The van der Waals surface area contributed by atoms with Crippen molar-refractivity contribution in [2.24, 2.45) is 11.7 Å². The Bertz CT molecular complexity index is 188. The van der Waals surface area contributed by atoms with Gasteiger partial charge in [0, 0.05) is 25.0 Å². The highest BCUT2D eigenvalue weighted by Gasteiger charge is 2.17. The molecule has 0 spiro atoms. The predicted molar refractivity (Wildman–Crippen MR) is 51.6 cm³/mol. The van der Waals surface area contributed by atoms with E-state index in [0.717, 1.165) is 26.1 Å². The Hall–Kier alpha value is -0.520. The zero-order valence-corrected chi connectivity index (χ0v) is 8.01. The summed E-state index contributed by atoms with van der Waals surface area (Å²) in [6.07, 6.45) is 1.13. The number of hydrogen-bond acceptors (Lipinski definition) is 2. The van der Waals surface area contributed by atoms with Crippen LogP contribution in [0.15, 0.2) is 0 Å². The summed E-state index contributed by atoms with van der Waals surface area (Å²) in [7, 11) is 0. The van der Waals surface area contributed by atoms with Crippen molar-refractivity contribution in [1.82, 2.24) is 4.90 Å². The summed E-state index contributed by atoms with van der Waals surface area (Å²) in [5.41, 5.74) is 5.77. The molecule has 1 unspecified atom stereocenters. The molecule has 0 aromatic heterocycles. The van der Waals surface area contributed by atoms with Gasteiger partial charge in [-0.05, 0) is 6.42 Å². The smallest absolute Gasteiger partial charge is 0.0602 e. The fourth-order valence-electron chi connectivity index (χ4n) is 1.37. The van der Waals surface area contributed by atoms with E-state index in [9.17, 15) is 0 Å². The standard InChI is InChI=1S/C10H18N2/c1-9(2)4-3-6-12-7-5-10(11)8-12/h9-10H,5-8,11H2,1-2H3. The van der Waals surface area contributed by atoms with Gasteiger partial charge in [0.2, 0.25) is 0 Å². The van der Waals surface area contributed by atoms with Crippen LogP contribution in [0.25, 0.3) is 0 Å². The molecule has 1 fully saturated rings. The highest BCUT2D eigenvalue weighted by Crippen LogP contribution is 2.04. The number of hydrogen-bond donors (Lipinski definition) is 1. The molecule has 0 aromatic carbocycles. The Morgan fingerprint density at radius 2 is 2.33 bits per heavy atom. The van der Waals surface area contributed by atoms with Crippen molar-refractivity contribution < 1.29 is 0 Å². The minimum Gasteiger partial charge on any atom is -0.326 e. The molecule has 2 heteroatoms. The largest absolute Gasteiger partial charge is 0.326 e. The number of rotatable bonds is 1. The Morgan fingerprint density at radius 3 is 2.83 bits per heavy atom. The van der Waals surface area contributed by atoms with Gasteiger partial charge in [-0.1, -0.05) is 25.7 Å². The lowest BCUT2D eigenvalue weighted by Crippen LogP contribution is -2.26. The van der Waals surface area contributed by atoms with E-state index in [0.29, 0.717) is 12.0 Å². The van der Waals surface area contributed by atoms with Crippen LogP contribution in [-0.4, -0.2) is 30.6 Å². The van der Waals surface area contributed by atoms with Gasteiger partial charge in [0.1, 0.15) is 0 Å². The summed E-state index contributed by atoms with van der Waals surface area (Å²) < 4.78 is 0. The van der Waals surface area contributed by atoms with E-state index < -0.39 is 0 Å². The van der Waals surface area contributed by atoms with E-state index in [4.69, 9.17) is 5.73 Å². The summed E-state index contributed by atoms with van der Waals surface area (Å²) in [5.74, 6) is 6.81. The van der Waals surface area contributed by atoms with Crippen LogP contribution >= 0.6 is 0 Å². The van der Waals surface area contributed by atoms with Crippen molar-refractivity contribution in [2.75, 3.05) is 19.6 Å². The van der Waals surface area contributed by atoms with E-state index in [1.54, 1.807) is 0 Å². The Balaban J connectivity index is 2.21. The van der Waals surface area contributed by atoms with Crippen LogP contribution in [0.3, 0.4) is 0 Å². The minimum atomic E-state index is 0.380. The summed E-state index contributed by atoms with van der Waals surface area (Å²) in [6, 6.07) is 0.380. The number of nitrogens with two attached hydrogens (primary N) is 1. The maximum atomic E-state index is 5.77. The molecule has 0 aliphatic carbocycles. The van der Waals surface area contributed by atoms with Gasteiger partial charge in [-0.2, -0.15) is 0 Å².